The van der Waals surface area contributed by atoms with Gasteiger partial charge < -0.3 is 5.73 Å². The Kier molecular flexibility index (Phi) is 4.88. The topological polar surface area (TPSA) is 26.0 Å². The Morgan fingerprint density at radius 2 is 2.00 bits per heavy atom. The molecule has 0 heterocycles. The summed E-state index contributed by atoms with van der Waals surface area (Å²) in [6, 6.07) is 3.11. The molecule has 0 saturated heterocycles. The molecule has 0 aliphatic heterocycles. The molecule has 1 aromatic rings. The summed E-state index contributed by atoms with van der Waals surface area (Å²) in [5.74, 6) is -1.14. The van der Waals surface area contributed by atoms with Crippen LogP contribution < -0.4 is 5.73 Å². The lowest BCUT2D eigenvalue weighted by molar-refractivity contribution is 0.551. The van der Waals surface area contributed by atoms with E-state index in [1.165, 1.54) is 12.1 Å². The van der Waals surface area contributed by atoms with E-state index in [2.05, 4.69) is 0 Å². The molecule has 1 aromatic carbocycles. The van der Waals surface area contributed by atoms with Crippen LogP contribution in [0.5, 0.6) is 0 Å². The second-order valence-corrected chi connectivity index (χ2v) is 2.68. The summed E-state index contributed by atoms with van der Waals surface area (Å²) >= 11 is 0. The zero-order chi connectivity index (χ0) is 9.14. The minimum absolute atomic E-state index is 0. The van der Waals surface area contributed by atoms with Gasteiger partial charge >= 0.3 is 0 Å². The monoisotopic (exact) mass is 207 g/mol. The highest BCUT2D eigenvalue weighted by molar-refractivity contribution is 5.85. The quantitative estimate of drug-likeness (QED) is 0.793. The van der Waals surface area contributed by atoms with E-state index in [-0.39, 0.29) is 18.4 Å². The molecule has 4 heteroatoms. The number of hydrogen-bond acceptors (Lipinski definition) is 1. The number of halogens is 3. The zero-order valence-electron chi connectivity index (χ0n) is 7.26. The molecule has 0 fully saturated rings. The van der Waals surface area contributed by atoms with Crippen LogP contribution in [-0.4, -0.2) is 0 Å². The summed E-state index contributed by atoms with van der Waals surface area (Å²) in [6.07, 6.45) is 0.641. The lowest BCUT2D eigenvalue weighted by atomic mass is 10.1. The van der Waals surface area contributed by atoms with E-state index >= 15 is 0 Å². The van der Waals surface area contributed by atoms with Gasteiger partial charge in [-0.2, -0.15) is 0 Å². The van der Waals surface area contributed by atoms with Crippen LogP contribution in [0.4, 0.5) is 8.78 Å². The molecule has 13 heavy (non-hydrogen) atoms. The first kappa shape index (κ1) is 12.3. The van der Waals surface area contributed by atoms with Gasteiger partial charge in [0.05, 0.1) is 0 Å². The fraction of sp³-hybridized carbons (Fsp3) is 0.333. The SMILES string of the molecule is CC[C@H](N)c1ccc(F)cc1F.Cl. The molecule has 0 spiro atoms. The molecular weight excluding hydrogens is 196 g/mol. The van der Waals surface area contributed by atoms with Crippen molar-refractivity contribution >= 4 is 12.4 Å². The van der Waals surface area contributed by atoms with Gasteiger partial charge in [0.25, 0.3) is 0 Å². The van der Waals surface area contributed by atoms with Gasteiger partial charge in [-0.3, -0.25) is 0 Å². The lowest BCUT2D eigenvalue weighted by Gasteiger charge is -2.09. The van der Waals surface area contributed by atoms with Gasteiger partial charge in [0.2, 0.25) is 0 Å². The Bertz CT molecular complexity index is 278. The molecule has 0 aromatic heterocycles. The molecule has 0 bridgehead atoms. The first-order valence-corrected chi connectivity index (χ1v) is 3.85. The summed E-state index contributed by atoms with van der Waals surface area (Å²) in [5, 5.41) is 0. The van der Waals surface area contributed by atoms with Crippen LogP contribution in [0.25, 0.3) is 0 Å². The van der Waals surface area contributed by atoms with Gasteiger partial charge in [-0.05, 0) is 12.5 Å². The molecule has 0 amide bonds. The largest absolute Gasteiger partial charge is 0.324 e. The second-order valence-electron chi connectivity index (χ2n) is 2.68. The Labute approximate surface area is 82.4 Å². The normalized spacial score (nSPS) is 12.0. The molecule has 1 nitrogen and oxygen atoms in total. The van der Waals surface area contributed by atoms with Gasteiger partial charge in [0.15, 0.2) is 0 Å². The molecule has 0 aliphatic carbocycles. The van der Waals surface area contributed by atoms with E-state index in [1.807, 2.05) is 6.92 Å². The number of benzene rings is 1. The molecule has 1 rings (SSSR count). The van der Waals surface area contributed by atoms with Crippen molar-refractivity contribution in [3.8, 4) is 0 Å². The number of rotatable bonds is 2. The fourth-order valence-electron chi connectivity index (χ4n) is 1.02. The maximum absolute atomic E-state index is 13.0. The van der Waals surface area contributed by atoms with Crippen LogP contribution in [0, 0.1) is 11.6 Å². The van der Waals surface area contributed by atoms with Crippen LogP contribution in [0.3, 0.4) is 0 Å². The van der Waals surface area contributed by atoms with Crippen molar-refractivity contribution in [2.24, 2.45) is 5.73 Å². The average molecular weight is 208 g/mol. The van der Waals surface area contributed by atoms with Crippen LogP contribution in [0.1, 0.15) is 24.9 Å². The number of nitrogens with two attached hydrogens (primary N) is 1. The second kappa shape index (κ2) is 5.14. The minimum Gasteiger partial charge on any atom is -0.324 e. The predicted octanol–water partition coefficient (Wildman–Crippen LogP) is 2.80. The van der Waals surface area contributed by atoms with E-state index < -0.39 is 11.6 Å². The zero-order valence-corrected chi connectivity index (χ0v) is 8.07. The third-order valence-electron chi connectivity index (χ3n) is 1.80. The van der Waals surface area contributed by atoms with Gasteiger partial charge in [-0.15, -0.1) is 12.4 Å². The van der Waals surface area contributed by atoms with Gasteiger partial charge in [-0.25, -0.2) is 8.78 Å². The van der Waals surface area contributed by atoms with E-state index in [9.17, 15) is 8.78 Å². The van der Waals surface area contributed by atoms with E-state index in [4.69, 9.17) is 5.73 Å². The molecule has 0 aliphatic rings. The van der Waals surface area contributed by atoms with Crippen molar-refractivity contribution in [2.75, 3.05) is 0 Å². The fourth-order valence-corrected chi connectivity index (χ4v) is 1.02. The first-order chi connectivity index (χ1) is 5.65. The minimum atomic E-state index is -0.570. The van der Waals surface area contributed by atoms with Crippen molar-refractivity contribution in [3.05, 3.63) is 35.4 Å². The average Bonchev–Trinajstić information content (AvgIpc) is 2.03. The lowest BCUT2D eigenvalue weighted by Crippen LogP contribution is -2.10. The summed E-state index contributed by atoms with van der Waals surface area (Å²) in [4.78, 5) is 0. The molecule has 0 radical (unpaired) electrons. The summed E-state index contributed by atoms with van der Waals surface area (Å²) in [7, 11) is 0. The molecule has 74 valence electrons. The highest BCUT2D eigenvalue weighted by atomic mass is 35.5. The third-order valence-corrected chi connectivity index (χ3v) is 1.80. The van der Waals surface area contributed by atoms with E-state index in [0.717, 1.165) is 6.07 Å². The molecule has 0 unspecified atom stereocenters. The molecule has 1 atom stereocenters. The van der Waals surface area contributed by atoms with Crippen molar-refractivity contribution in [3.63, 3.8) is 0 Å². The first-order valence-electron chi connectivity index (χ1n) is 3.85. The molecule has 2 N–H and O–H groups in total. The number of hydrogen-bond donors (Lipinski definition) is 1. The highest BCUT2D eigenvalue weighted by Gasteiger charge is 2.09. The molecule has 0 saturated carbocycles. The van der Waals surface area contributed by atoms with Crippen molar-refractivity contribution in [1.29, 1.82) is 0 Å². The summed E-state index contributed by atoms with van der Waals surface area (Å²) < 4.78 is 25.4. The highest BCUT2D eigenvalue weighted by Crippen LogP contribution is 2.17. The maximum Gasteiger partial charge on any atom is 0.130 e. The van der Waals surface area contributed by atoms with Gasteiger partial charge in [0, 0.05) is 17.7 Å². The van der Waals surface area contributed by atoms with Crippen molar-refractivity contribution < 1.29 is 8.78 Å². The van der Waals surface area contributed by atoms with Gasteiger partial charge in [-0.1, -0.05) is 13.0 Å². The molecular formula is C9H12ClF2N. The predicted molar refractivity (Wildman–Crippen MR) is 50.8 cm³/mol. The van der Waals surface area contributed by atoms with Crippen LogP contribution in [-0.2, 0) is 0 Å². The van der Waals surface area contributed by atoms with Gasteiger partial charge in [0.1, 0.15) is 11.6 Å². The van der Waals surface area contributed by atoms with Crippen molar-refractivity contribution in [2.45, 2.75) is 19.4 Å². The van der Waals surface area contributed by atoms with Crippen LogP contribution >= 0.6 is 12.4 Å². The standard InChI is InChI=1S/C9H11F2N.ClH/c1-2-9(12)7-4-3-6(10)5-8(7)11;/h3-5,9H,2,12H2,1H3;1H/t9-;/m0./s1. The maximum atomic E-state index is 13.0. The summed E-state index contributed by atoms with van der Waals surface area (Å²) in [5.41, 5.74) is 5.96. The smallest absolute Gasteiger partial charge is 0.130 e. The summed E-state index contributed by atoms with van der Waals surface area (Å²) in [6.45, 7) is 1.85. The Balaban J connectivity index is 0.00000144. The van der Waals surface area contributed by atoms with E-state index in [1.54, 1.807) is 0 Å². The Morgan fingerprint density at radius 3 is 2.46 bits per heavy atom. The van der Waals surface area contributed by atoms with Crippen molar-refractivity contribution in [1.82, 2.24) is 0 Å². The Hall–Kier alpha value is -0.670. The Morgan fingerprint density at radius 1 is 1.38 bits per heavy atom. The van der Waals surface area contributed by atoms with Crippen LogP contribution in [0.15, 0.2) is 18.2 Å². The van der Waals surface area contributed by atoms with Crippen LogP contribution in [0.2, 0.25) is 0 Å². The van der Waals surface area contributed by atoms with E-state index in [0.29, 0.717) is 12.0 Å². The third kappa shape index (κ3) is 2.94.